The Balaban J connectivity index is 1.93. The third-order valence-corrected chi connectivity index (χ3v) is 3.52. The topological polar surface area (TPSA) is 37.3 Å². The Morgan fingerprint density at radius 2 is 1.55 bits per heavy atom. The van der Waals surface area contributed by atoms with E-state index < -0.39 is 0 Å². The van der Waals surface area contributed by atoms with Crippen LogP contribution in [-0.4, -0.2) is 10.9 Å². The minimum atomic E-state index is 0.0231. The van der Waals surface area contributed by atoms with Crippen molar-refractivity contribution >= 4 is 5.78 Å². The van der Waals surface area contributed by atoms with E-state index in [1.54, 1.807) is 0 Å². The lowest BCUT2D eigenvalue weighted by atomic mass is 9.93. The maximum Gasteiger partial charge on any atom is 0.140 e. The number of rotatable bonds is 6. The first kappa shape index (κ1) is 14.5. The molecule has 0 aliphatic heterocycles. The molecule has 0 amide bonds. The lowest BCUT2D eigenvalue weighted by molar-refractivity contribution is -0.121. The summed E-state index contributed by atoms with van der Waals surface area (Å²) in [5, 5.41) is 9.00. The zero-order chi connectivity index (χ0) is 14.4. The summed E-state index contributed by atoms with van der Waals surface area (Å²) in [5.41, 5.74) is 3.08. The molecule has 0 aromatic heterocycles. The van der Waals surface area contributed by atoms with Gasteiger partial charge in [-0.1, -0.05) is 61.5 Å². The number of benzene rings is 2. The van der Waals surface area contributed by atoms with Crippen LogP contribution in [0.1, 0.15) is 23.6 Å². The largest absolute Gasteiger partial charge is 0.392 e. The molecule has 2 heteroatoms. The summed E-state index contributed by atoms with van der Waals surface area (Å²) in [4.78, 5) is 12.2. The van der Waals surface area contributed by atoms with Crippen LogP contribution in [-0.2, 0) is 24.2 Å². The molecule has 0 aliphatic carbocycles. The van der Waals surface area contributed by atoms with E-state index in [0.717, 1.165) is 17.5 Å². The molecule has 0 saturated carbocycles. The lowest BCUT2D eigenvalue weighted by Crippen LogP contribution is -2.16. The Bertz CT molecular complexity index is 543. The molecule has 0 heterocycles. The van der Waals surface area contributed by atoms with Crippen LogP contribution in [0.25, 0.3) is 0 Å². The first-order chi connectivity index (χ1) is 9.69. The molecule has 0 fully saturated rings. The second-order valence-electron chi connectivity index (χ2n) is 5.21. The van der Waals surface area contributed by atoms with Crippen LogP contribution in [0, 0.1) is 5.92 Å². The molecule has 104 valence electrons. The molecule has 20 heavy (non-hydrogen) atoms. The molecule has 0 saturated heterocycles. The Morgan fingerprint density at radius 3 is 2.15 bits per heavy atom. The van der Waals surface area contributed by atoms with Gasteiger partial charge in [0.05, 0.1) is 6.61 Å². The molecule has 0 aliphatic rings. The minimum Gasteiger partial charge on any atom is -0.392 e. The van der Waals surface area contributed by atoms with E-state index in [1.807, 2.05) is 49.4 Å². The Kier molecular flexibility index (Phi) is 5.08. The minimum absolute atomic E-state index is 0.0231. The van der Waals surface area contributed by atoms with E-state index in [0.29, 0.717) is 6.42 Å². The number of Topliss-reactive ketones (excluding diaryl/α,β-unsaturated/α-hetero) is 1. The van der Waals surface area contributed by atoms with Gasteiger partial charge in [0.15, 0.2) is 0 Å². The van der Waals surface area contributed by atoms with Crippen LogP contribution >= 0.6 is 0 Å². The summed E-state index contributed by atoms with van der Waals surface area (Å²) >= 11 is 0. The van der Waals surface area contributed by atoms with Crippen LogP contribution in [0.2, 0.25) is 0 Å². The normalized spacial score (nSPS) is 12.1. The van der Waals surface area contributed by atoms with Crippen LogP contribution < -0.4 is 0 Å². The average molecular weight is 268 g/mol. The second-order valence-corrected chi connectivity index (χ2v) is 5.21. The van der Waals surface area contributed by atoms with E-state index in [2.05, 4.69) is 12.1 Å². The standard InChI is InChI=1S/C18H20O2/c1-14(11-15-5-3-2-4-6-15)18(20)12-16-7-9-17(13-19)10-8-16/h2-10,14,19H,11-13H2,1H3/t14-/m0/s1. The van der Waals surface area contributed by atoms with Gasteiger partial charge in [0.1, 0.15) is 5.78 Å². The maximum absolute atomic E-state index is 12.2. The smallest absolute Gasteiger partial charge is 0.140 e. The van der Waals surface area contributed by atoms with Gasteiger partial charge in [0.2, 0.25) is 0 Å². The molecule has 0 bridgehead atoms. The highest BCUT2D eigenvalue weighted by molar-refractivity contribution is 5.83. The van der Waals surface area contributed by atoms with Gasteiger partial charge in [0.25, 0.3) is 0 Å². The fourth-order valence-electron chi connectivity index (χ4n) is 2.22. The van der Waals surface area contributed by atoms with Crippen LogP contribution in [0.4, 0.5) is 0 Å². The number of hydrogen-bond donors (Lipinski definition) is 1. The van der Waals surface area contributed by atoms with Gasteiger partial charge in [0, 0.05) is 12.3 Å². The predicted octanol–water partition coefficient (Wildman–Crippen LogP) is 3.17. The van der Waals surface area contributed by atoms with Gasteiger partial charge < -0.3 is 5.11 Å². The number of carbonyl (C=O) groups excluding carboxylic acids is 1. The van der Waals surface area contributed by atoms with Crippen LogP contribution in [0.5, 0.6) is 0 Å². The van der Waals surface area contributed by atoms with E-state index in [9.17, 15) is 4.79 Å². The molecule has 2 aromatic rings. The molecule has 2 aromatic carbocycles. The summed E-state index contributed by atoms with van der Waals surface area (Å²) in [6, 6.07) is 17.7. The Morgan fingerprint density at radius 1 is 0.950 bits per heavy atom. The number of carbonyl (C=O) groups is 1. The van der Waals surface area contributed by atoms with Crippen LogP contribution in [0.3, 0.4) is 0 Å². The SMILES string of the molecule is C[C@@H](Cc1ccccc1)C(=O)Cc1ccc(CO)cc1. The monoisotopic (exact) mass is 268 g/mol. The number of hydrogen-bond acceptors (Lipinski definition) is 2. The molecule has 2 rings (SSSR count). The van der Waals surface area contributed by atoms with Crippen molar-refractivity contribution in [2.24, 2.45) is 5.92 Å². The first-order valence-corrected chi connectivity index (χ1v) is 6.94. The lowest BCUT2D eigenvalue weighted by Gasteiger charge is -2.11. The molecular weight excluding hydrogens is 248 g/mol. The maximum atomic E-state index is 12.2. The fraction of sp³-hybridized carbons (Fsp3) is 0.278. The zero-order valence-electron chi connectivity index (χ0n) is 11.8. The number of ketones is 1. The van der Waals surface area contributed by atoms with E-state index >= 15 is 0 Å². The quantitative estimate of drug-likeness (QED) is 0.873. The highest BCUT2D eigenvalue weighted by Gasteiger charge is 2.14. The third-order valence-electron chi connectivity index (χ3n) is 3.52. The Hall–Kier alpha value is -1.93. The highest BCUT2D eigenvalue weighted by Crippen LogP contribution is 2.13. The number of aliphatic hydroxyl groups excluding tert-OH is 1. The van der Waals surface area contributed by atoms with Crippen molar-refractivity contribution in [1.29, 1.82) is 0 Å². The molecular formula is C18H20O2. The van der Waals surface area contributed by atoms with Crippen molar-refractivity contribution in [2.45, 2.75) is 26.4 Å². The van der Waals surface area contributed by atoms with Crippen molar-refractivity contribution < 1.29 is 9.90 Å². The van der Waals surface area contributed by atoms with Gasteiger partial charge in [-0.25, -0.2) is 0 Å². The van der Waals surface area contributed by atoms with E-state index in [4.69, 9.17) is 5.11 Å². The first-order valence-electron chi connectivity index (χ1n) is 6.94. The molecule has 0 radical (unpaired) electrons. The molecule has 2 nitrogen and oxygen atoms in total. The van der Waals surface area contributed by atoms with Gasteiger partial charge in [-0.2, -0.15) is 0 Å². The van der Waals surface area contributed by atoms with E-state index in [-0.39, 0.29) is 18.3 Å². The predicted molar refractivity (Wildman–Crippen MR) is 80.4 cm³/mol. The summed E-state index contributed by atoms with van der Waals surface area (Å²) < 4.78 is 0. The summed E-state index contributed by atoms with van der Waals surface area (Å²) in [5.74, 6) is 0.278. The van der Waals surface area contributed by atoms with Crippen molar-refractivity contribution in [2.75, 3.05) is 0 Å². The van der Waals surface area contributed by atoms with Crippen molar-refractivity contribution in [3.8, 4) is 0 Å². The van der Waals surface area contributed by atoms with Gasteiger partial charge in [-0.05, 0) is 23.1 Å². The van der Waals surface area contributed by atoms with Crippen molar-refractivity contribution in [1.82, 2.24) is 0 Å². The van der Waals surface area contributed by atoms with Crippen molar-refractivity contribution in [3.05, 3.63) is 71.3 Å². The Labute approximate surface area is 120 Å². The second kappa shape index (κ2) is 7.01. The number of aliphatic hydroxyl groups is 1. The molecule has 0 unspecified atom stereocenters. The summed E-state index contributed by atoms with van der Waals surface area (Å²) in [6.07, 6.45) is 1.24. The third kappa shape index (κ3) is 4.04. The van der Waals surface area contributed by atoms with Gasteiger partial charge in [-0.3, -0.25) is 4.79 Å². The van der Waals surface area contributed by atoms with Crippen LogP contribution in [0.15, 0.2) is 54.6 Å². The summed E-state index contributed by atoms with van der Waals surface area (Å²) in [6.45, 7) is 2.02. The molecule has 1 N–H and O–H groups in total. The van der Waals surface area contributed by atoms with Gasteiger partial charge >= 0.3 is 0 Å². The highest BCUT2D eigenvalue weighted by atomic mass is 16.3. The van der Waals surface area contributed by atoms with Crippen molar-refractivity contribution in [3.63, 3.8) is 0 Å². The van der Waals surface area contributed by atoms with Gasteiger partial charge in [-0.15, -0.1) is 0 Å². The molecule has 1 atom stereocenters. The fourth-order valence-corrected chi connectivity index (χ4v) is 2.22. The average Bonchev–Trinajstić information content (AvgIpc) is 2.49. The van der Waals surface area contributed by atoms with E-state index in [1.165, 1.54) is 5.56 Å². The molecule has 0 spiro atoms. The zero-order valence-corrected chi connectivity index (χ0v) is 11.8. The summed E-state index contributed by atoms with van der Waals surface area (Å²) in [7, 11) is 0.